The van der Waals surface area contributed by atoms with Crippen LogP contribution in [0.5, 0.6) is 0 Å². The van der Waals surface area contributed by atoms with Crippen LogP contribution >= 0.6 is 0 Å². The summed E-state index contributed by atoms with van der Waals surface area (Å²) in [6, 6.07) is 0.557. The molecule has 2 N–H and O–H groups in total. The maximum atomic E-state index is 11.7. The average molecular weight is 268 g/mol. The molecule has 19 heavy (non-hydrogen) atoms. The molecule has 0 bridgehead atoms. The molecule has 2 saturated heterocycles. The fourth-order valence-corrected chi connectivity index (χ4v) is 2.97. The Kier molecular flexibility index (Phi) is 6.65. The molecule has 2 aliphatic heterocycles. The van der Waals surface area contributed by atoms with Crippen LogP contribution in [0.25, 0.3) is 0 Å². The number of carbonyl (C=O) groups excluding carboxylic acids is 1. The number of hydrogen-bond donors (Lipinski definition) is 2. The van der Waals surface area contributed by atoms with Crippen LogP contribution in [-0.4, -0.2) is 37.7 Å². The molecule has 2 unspecified atom stereocenters. The molecular formula is C15H28N2O2. The number of amides is 1. The topological polar surface area (TPSA) is 50.4 Å². The van der Waals surface area contributed by atoms with E-state index in [9.17, 15) is 4.79 Å². The third kappa shape index (κ3) is 5.91. The van der Waals surface area contributed by atoms with Gasteiger partial charge in [-0.3, -0.25) is 4.79 Å². The Bertz CT molecular complexity index is 259. The molecule has 0 spiro atoms. The summed E-state index contributed by atoms with van der Waals surface area (Å²) in [6.07, 6.45) is 10.4. The molecule has 2 aliphatic rings. The lowest BCUT2D eigenvalue weighted by molar-refractivity contribution is -0.121. The Hall–Kier alpha value is -0.610. The number of rotatable bonds is 6. The lowest BCUT2D eigenvalue weighted by atomic mass is 10.0. The average Bonchev–Trinajstić information content (AvgIpc) is 2.47. The zero-order valence-electron chi connectivity index (χ0n) is 12.0. The second-order valence-electron chi connectivity index (χ2n) is 5.81. The first kappa shape index (κ1) is 14.8. The standard InChI is InChI=1S/C15H28N2O2/c18-15(8-7-13-5-1-3-10-16-13)17-11-9-14-6-2-4-12-19-14/h13-14,16H,1-12H2,(H,17,18). The van der Waals surface area contributed by atoms with Crippen LogP contribution in [0, 0.1) is 0 Å². The van der Waals surface area contributed by atoms with Gasteiger partial charge in [-0.25, -0.2) is 0 Å². The quantitative estimate of drug-likeness (QED) is 0.774. The minimum atomic E-state index is 0.197. The van der Waals surface area contributed by atoms with E-state index in [2.05, 4.69) is 10.6 Å². The minimum absolute atomic E-state index is 0.197. The molecule has 0 aromatic heterocycles. The normalized spacial score (nSPS) is 28.0. The molecule has 0 saturated carbocycles. The highest BCUT2D eigenvalue weighted by molar-refractivity contribution is 5.75. The SMILES string of the molecule is O=C(CCC1CCCCN1)NCCC1CCCCO1. The van der Waals surface area contributed by atoms with E-state index in [1.54, 1.807) is 0 Å². The van der Waals surface area contributed by atoms with Crippen LogP contribution in [0.3, 0.4) is 0 Å². The number of hydrogen-bond acceptors (Lipinski definition) is 3. The van der Waals surface area contributed by atoms with Gasteiger partial charge < -0.3 is 15.4 Å². The molecule has 0 aromatic carbocycles. The van der Waals surface area contributed by atoms with E-state index >= 15 is 0 Å². The Morgan fingerprint density at radius 2 is 2.05 bits per heavy atom. The molecular weight excluding hydrogens is 240 g/mol. The van der Waals surface area contributed by atoms with Crippen molar-refractivity contribution in [3.63, 3.8) is 0 Å². The van der Waals surface area contributed by atoms with Crippen LogP contribution in [0.15, 0.2) is 0 Å². The fourth-order valence-electron chi connectivity index (χ4n) is 2.97. The first-order valence-electron chi connectivity index (χ1n) is 7.96. The zero-order valence-corrected chi connectivity index (χ0v) is 12.0. The molecule has 2 rings (SSSR count). The van der Waals surface area contributed by atoms with Gasteiger partial charge in [0.1, 0.15) is 0 Å². The molecule has 0 aromatic rings. The van der Waals surface area contributed by atoms with Crippen molar-refractivity contribution in [3.8, 4) is 0 Å². The molecule has 110 valence electrons. The zero-order chi connectivity index (χ0) is 13.3. The Balaban J connectivity index is 1.49. The smallest absolute Gasteiger partial charge is 0.220 e. The van der Waals surface area contributed by atoms with Gasteiger partial charge in [0, 0.05) is 25.6 Å². The van der Waals surface area contributed by atoms with Crippen LogP contribution in [0.1, 0.15) is 57.8 Å². The van der Waals surface area contributed by atoms with Crippen molar-refractivity contribution in [2.75, 3.05) is 19.7 Å². The maximum Gasteiger partial charge on any atom is 0.220 e. The van der Waals surface area contributed by atoms with Gasteiger partial charge in [0.05, 0.1) is 6.10 Å². The number of carbonyl (C=O) groups is 1. The van der Waals surface area contributed by atoms with Gasteiger partial charge >= 0.3 is 0 Å². The lowest BCUT2D eigenvalue weighted by Crippen LogP contribution is -2.35. The van der Waals surface area contributed by atoms with E-state index in [4.69, 9.17) is 4.74 Å². The second kappa shape index (κ2) is 8.54. The van der Waals surface area contributed by atoms with Crippen molar-refractivity contribution in [2.24, 2.45) is 0 Å². The maximum absolute atomic E-state index is 11.7. The first-order valence-corrected chi connectivity index (χ1v) is 7.96. The van der Waals surface area contributed by atoms with Gasteiger partial charge in [-0.05, 0) is 51.5 Å². The summed E-state index contributed by atoms with van der Waals surface area (Å²) in [4.78, 5) is 11.7. The third-order valence-electron chi connectivity index (χ3n) is 4.19. The lowest BCUT2D eigenvalue weighted by Gasteiger charge is -2.23. The Morgan fingerprint density at radius 3 is 2.79 bits per heavy atom. The summed E-state index contributed by atoms with van der Waals surface area (Å²) in [5.74, 6) is 0.197. The molecule has 0 radical (unpaired) electrons. The number of ether oxygens (including phenoxy) is 1. The van der Waals surface area contributed by atoms with Gasteiger partial charge in [-0.15, -0.1) is 0 Å². The summed E-state index contributed by atoms with van der Waals surface area (Å²) < 4.78 is 5.65. The van der Waals surface area contributed by atoms with Crippen molar-refractivity contribution in [1.82, 2.24) is 10.6 Å². The fraction of sp³-hybridized carbons (Fsp3) is 0.933. The van der Waals surface area contributed by atoms with Crippen molar-refractivity contribution >= 4 is 5.91 Å². The van der Waals surface area contributed by atoms with Gasteiger partial charge in [0.25, 0.3) is 0 Å². The Morgan fingerprint density at radius 1 is 1.16 bits per heavy atom. The summed E-state index contributed by atoms with van der Waals surface area (Å²) in [5, 5.41) is 6.51. The predicted molar refractivity (Wildman–Crippen MR) is 76.1 cm³/mol. The Labute approximate surface area is 116 Å². The van der Waals surface area contributed by atoms with Crippen molar-refractivity contribution in [2.45, 2.75) is 69.9 Å². The largest absolute Gasteiger partial charge is 0.378 e. The van der Waals surface area contributed by atoms with E-state index in [1.807, 2.05) is 0 Å². The van der Waals surface area contributed by atoms with E-state index in [0.29, 0.717) is 18.6 Å². The first-order chi connectivity index (χ1) is 9.34. The van der Waals surface area contributed by atoms with Gasteiger partial charge in [0.15, 0.2) is 0 Å². The van der Waals surface area contributed by atoms with Crippen molar-refractivity contribution < 1.29 is 9.53 Å². The molecule has 4 heteroatoms. The van der Waals surface area contributed by atoms with Crippen LogP contribution in [0.2, 0.25) is 0 Å². The minimum Gasteiger partial charge on any atom is -0.378 e. The molecule has 2 heterocycles. The van der Waals surface area contributed by atoms with Gasteiger partial charge in [0.2, 0.25) is 5.91 Å². The van der Waals surface area contributed by atoms with Crippen LogP contribution in [-0.2, 0) is 9.53 Å². The third-order valence-corrected chi connectivity index (χ3v) is 4.19. The summed E-state index contributed by atoms with van der Waals surface area (Å²) >= 11 is 0. The van der Waals surface area contributed by atoms with Gasteiger partial charge in [-0.2, -0.15) is 0 Å². The molecule has 2 atom stereocenters. The highest BCUT2D eigenvalue weighted by Gasteiger charge is 2.15. The van der Waals surface area contributed by atoms with E-state index < -0.39 is 0 Å². The predicted octanol–water partition coefficient (Wildman–Crippen LogP) is 1.98. The monoisotopic (exact) mass is 268 g/mol. The molecule has 1 amide bonds. The van der Waals surface area contributed by atoms with Gasteiger partial charge in [-0.1, -0.05) is 6.42 Å². The molecule has 2 fully saturated rings. The number of piperidine rings is 1. The summed E-state index contributed by atoms with van der Waals surface area (Å²) in [7, 11) is 0. The molecule has 0 aliphatic carbocycles. The highest BCUT2D eigenvalue weighted by atomic mass is 16.5. The van der Waals surface area contributed by atoms with Crippen LogP contribution in [0.4, 0.5) is 0 Å². The summed E-state index contributed by atoms with van der Waals surface area (Å²) in [6.45, 7) is 2.78. The van der Waals surface area contributed by atoms with E-state index in [0.717, 1.165) is 39.0 Å². The highest BCUT2D eigenvalue weighted by Crippen LogP contribution is 2.15. The van der Waals surface area contributed by atoms with Crippen molar-refractivity contribution in [1.29, 1.82) is 0 Å². The van der Waals surface area contributed by atoms with Crippen LogP contribution < -0.4 is 10.6 Å². The summed E-state index contributed by atoms with van der Waals surface area (Å²) in [5.41, 5.74) is 0. The van der Waals surface area contributed by atoms with Crippen molar-refractivity contribution in [3.05, 3.63) is 0 Å². The molecule has 4 nitrogen and oxygen atoms in total. The second-order valence-corrected chi connectivity index (χ2v) is 5.81. The number of nitrogens with one attached hydrogen (secondary N) is 2. The van der Waals surface area contributed by atoms with E-state index in [-0.39, 0.29) is 5.91 Å². The van der Waals surface area contributed by atoms with E-state index in [1.165, 1.54) is 32.1 Å².